The number of esters is 1. The van der Waals surface area contributed by atoms with Crippen LogP contribution in [0.4, 0.5) is 4.39 Å². The molecule has 0 aliphatic rings. The van der Waals surface area contributed by atoms with E-state index in [9.17, 15) is 14.0 Å². The van der Waals surface area contributed by atoms with Crippen LogP contribution in [-0.4, -0.2) is 26.9 Å². The van der Waals surface area contributed by atoms with E-state index in [0.29, 0.717) is 12.9 Å². The molecular formula is C13H17FO3Si. The summed E-state index contributed by atoms with van der Waals surface area (Å²) in [6.45, 7) is 6.91. The van der Waals surface area contributed by atoms with E-state index in [0.717, 1.165) is 12.1 Å². The van der Waals surface area contributed by atoms with Crippen LogP contribution in [0.1, 0.15) is 20.7 Å². The normalized spacial score (nSPS) is 11.1. The van der Waals surface area contributed by atoms with Gasteiger partial charge in [-0.05, 0) is 24.2 Å². The number of aldehydes is 1. The summed E-state index contributed by atoms with van der Waals surface area (Å²) < 4.78 is 18.2. The molecule has 0 spiro atoms. The number of carbonyl (C=O) groups excluding carboxylic acids is 2. The zero-order chi connectivity index (χ0) is 13.8. The molecule has 0 heterocycles. The van der Waals surface area contributed by atoms with Crippen molar-refractivity contribution in [2.45, 2.75) is 25.7 Å². The molecule has 0 fully saturated rings. The van der Waals surface area contributed by atoms with Gasteiger partial charge >= 0.3 is 5.97 Å². The van der Waals surface area contributed by atoms with Crippen molar-refractivity contribution in [3.05, 3.63) is 35.1 Å². The molecule has 3 nitrogen and oxygen atoms in total. The topological polar surface area (TPSA) is 43.4 Å². The van der Waals surface area contributed by atoms with E-state index in [1.165, 1.54) is 12.1 Å². The molecule has 1 aromatic carbocycles. The first-order chi connectivity index (χ1) is 8.33. The maximum absolute atomic E-state index is 13.1. The molecule has 0 aromatic heterocycles. The van der Waals surface area contributed by atoms with Gasteiger partial charge in [0.25, 0.3) is 0 Å². The Bertz CT molecular complexity index is 452. The van der Waals surface area contributed by atoms with Gasteiger partial charge in [0, 0.05) is 8.07 Å². The fourth-order valence-electron chi connectivity index (χ4n) is 1.29. The lowest BCUT2D eigenvalue weighted by atomic mass is 10.1. The highest BCUT2D eigenvalue weighted by molar-refractivity contribution is 6.76. The highest BCUT2D eigenvalue weighted by atomic mass is 28.3. The Kier molecular flexibility index (Phi) is 4.78. The van der Waals surface area contributed by atoms with Crippen molar-refractivity contribution in [2.24, 2.45) is 0 Å². The van der Waals surface area contributed by atoms with E-state index in [-0.39, 0.29) is 11.1 Å². The molecule has 1 aromatic rings. The Labute approximate surface area is 107 Å². The third-order valence-electron chi connectivity index (χ3n) is 2.44. The van der Waals surface area contributed by atoms with Gasteiger partial charge in [-0.15, -0.1) is 0 Å². The molecular weight excluding hydrogens is 251 g/mol. The van der Waals surface area contributed by atoms with Crippen molar-refractivity contribution < 1.29 is 18.7 Å². The molecule has 0 atom stereocenters. The minimum atomic E-state index is -1.25. The summed E-state index contributed by atoms with van der Waals surface area (Å²) in [7, 11) is -1.25. The number of benzene rings is 1. The SMILES string of the molecule is C[Si](C)(C)CCOC(=O)c1ccc(F)c(C=O)c1. The first-order valence-electron chi connectivity index (χ1n) is 5.75. The standard InChI is InChI=1S/C13H17FO3Si/c1-18(2,3)7-6-17-13(16)10-4-5-12(14)11(8-10)9-15/h4-5,8-9H,6-7H2,1-3H3. The van der Waals surface area contributed by atoms with Crippen LogP contribution < -0.4 is 0 Å². The van der Waals surface area contributed by atoms with Gasteiger partial charge in [0.2, 0.25) is 0 Å². The monoisotopic (exact) mass is 268 g/mol. The summed E-state index contributed by atoms with van der Waals surface area (Å²) in [4.78, 5) is 22.2. The smallest absolute Gasteiger partial charge is 0.338 e. The van der Waals surface area contributed by atoms with Gasteiger partial charge in [0.1, 0.15) is 5.82 Å². The molecule has 1 rings (SSSR count). The van der Waals surface area contributed by atoms with Crippen LogP contribution in [0.3, 0.4) is 0 Å². The molecule has 0 amide bonds. The number of hydrogen-bond acceptors (Lipinski definition) is 3. The Balaban J connectivity index is 2.65. The molecule has 0 unspecified atom stereocenters. The minimum absolute atomic E-state index is 0.130. The fraction of sp³-hybridized carbons (Fsp3) is 0.385. The maximum atomic E-state index is 13.1. The van der Waals surface area contributed by atoms with E-state index in [1.54, 1.807) is 0 Å². The number of hydrogen-bond donors (Lipinski definition) is 0. The predicted molar refractivity (Wildman–Crippen MR) is 70.2 cm³/mol. The average Bonchev–Trinajstić information content (AvgIpc) is 2.27. The minimum Gasteiger partial charge on any atom is -0.462 e. The number of carbonyl (C=O) groups is 2. The van der Waals surface area contributed by atoms with Crippen molar-refractivity contribution in [2.75, 3.05) is 6.61 Å². The van der Waals surface area contributed by atoms with Crippen molar-refractivity contribution in [3.8, 4) is 0 Å². The van der Waals surface area contributed by atoms with Crippen molar-refractivity contribution in [3.63, 3.8) is 0 Å². The quantitative estimate of drug-likeness (QED) is 0.468. The largest absolute Gasteiger partial charge is 0.462 e. The van der Waals surface area contributed by atoms with Crippen LogP contribution >= 0.6 is 0 Å². The Hall–Kier alpha value is -1.49. The van der Waals surface area contributed by atoms with Crippen molar-refractivity contribution in [1.82, 2.24) is 0 Å². The van der Waals surface area contributed by atoms with Gasteiger partial charge in [-0.2, -0.15) is 0 Å². The Morgan fingerprint density at radius 3 is 2.61 bits per heavy atom. The van der Waals surface area contributed by atoms with E-state index in [1.807, 2.05) is 0 Å². The molecule has 0 N–H and O–H groups in total. The van der Waals surface area contributed by atoms with Crippen LogP contribution in [0.15, 0.2) is 18.2 Å². The van der Waals surface area contributed by atoms with Crippen LogP contribution in [0.25, 0.3) is 0 Å². The van der Waals surface area contributed by atoms with Crippen LogP contribution in [0.2, 0.25) is 25.7 Å². The molecule has 0 saturated heterocycles. The van der Waals surface area contributed by atoms with Crippen LogP contribution in [-0.2, 0) is 4.74 Å². The first kappa shape index (κ1) is 14.6. The van der Waals surface area contributed by atoms with Gasteiger partial charge in [0.15, 0.2) is 6.29 Å². The van der Waals surface area contributed by atoms with Gasteiger partial charge in [-0.1, -0.05) is 19.6 Å². The Morgan fingerprint density at radius 2 is 2.06 bits per heavy atom. The van der Waals surface area contributed by atoms with Crippen LogP contribution in [0.5, 0.6) is 0 Å². The summed E-state index contributed by atoms with van der Waals surface area (Å²) in [6.07, 6.45) is 0.383. The molecule has 0 aliphatic heterocycles. The van der Waals surface area contributed by atoms with E-state index in [4.69, 9.17) is 4.74 Å². The van der Waals surface area contributed by atoms with Gasteiger partial charge < -0.3 is 4.74 Å². The second kappa shape index (κ2) is 5.91. The highest BCUT2D eigenvalue weighted by Gasteiger charge is 2.15. The summed E-state index contributed by atoms with van der Waals surface area (Å²) in [5.74, 6) is -1.15. The number of rotatable bonds is 5. The predicted octanol–water partition coefficient (Wildman–Crippen LogP) is 3.13. The molecule has 0 bridgehead atoms. The zero-order valence-corrected chi connectivity index (χ0v) is 11.8. The molecule has 98 valence electrons. The van der Waals surface area contributed by atoms with Crippen LogP contribution in [0, 0.1) is 5.82 Å². The molecule has 0 aliphatic carbocycles. The third-order valence-corrected chi connectivity index (χ3v) is 4.15. The summed E-state index contributed by atoms with van der Waals surface area (Å²) >= 11 is 0. The van der Waals surface area contributed by atoms with E-state index < -0.39 is 19.9 Å². The second-order valence-corrected chi connectivity index (χ2v) is 10.9. The average molecular weight is 268 g/mol. The maximum Gasteiger partial charge on any atom is 0.338 e. The van der Waals surface area contributed by atoms with E-state index in [2.05, 4.69) is 19.6 Å². The molecule has 18 heavy (non-hydrogen) atoms. The van der Waals surface area contributed by atoms with Gasteiger partial charge in [-0.25, -0.2) is 9.18 Å². The third kappa shape index (κ3) is 4.41. The molecule has 0 saturated carbocycles. The van der Waals surface area contributed by atoms with Crippen molar-refractivity contribution in [1.29, 1.82) is 0 Å². The lowest BCUT2D eigenvalue weighted by Crippen LogP contribution is -2.22. The van der Waals surface area contributed by atoms with Crippen molar-refractivity contribution >= 4 is 20.3 Å². The van der Waals surface area contributed by atoms with Gasteiger partial charge in [-0.3, -0.25) is 4.79 Å². The highest BCUT2D eigenvalue weighted by Crippen LogP contribution is 2.12. The lowest BCUT2D eigenvalue weighted by molar-refractivity contribution is 0.0525. The first-order valence-corrected chi connectivity index (χ1v) is 9.46. The summed E-state index contributed by atoms with van der Waals surface area (Å²) in [6, 6.07) is 4.50. The fourth-order valence-corrected chi connectivity index (χ4v) is 2.01. The van der Waals surface area contributed by atoms with E-state index >= 15 is 0 Å². The zero-order valence-electron chi connectivity index (χ0n) is 10.8. The Morgan fingerprint density at radius 1 is 1.39 bits per heavy atom. The lowest BCUT2D eigenvalue weighted by Gasteiger charge is -2.15. The summed E-state index contributed by atoms with van der Waals surface area (Å²) in [5.41, 5.74) is 0.0729. The van der Waals surface area contributed by atoms with Gasteiger partial charge in [0.05, 0.1) is 17.7 Å². The number of halogens is 1. The summed E-state index contributed by atoms with van der Waals surface area (Å²) in [5, 5.41) is 0. The number of ether oxygens (including phenoxy) is 1. The molecule has 0 radical (unpaired) electrons. The second-order valence-electron chi connectivity index (χ2n) is 5.30. The molecule has 5 heteroatoms.